The zero-order valence-corrected chi connectivity index (χ0v) is 13.2. The molecule has 0 aliphatic heterocycles. The molecular formula is C15H26N4O2. The van der Waals surface area contributed by atoms with Crippen molar-refractivity contribution >= 4 is 17.1 Å². The van der Waals surface area contributed by atoms with Crippen LogP contribution in [0.25, 0.3) is 0 Å². The van der Waals surface area contributed by atoms with E-state index in [-0.39, 0.29) is 11.4 Å². The van der Waals surface area contributed by atoms with E-state index < -0.39 is 4.92 Å². The van der Waals surface area contributed by atoms with Gasteiger partial charge in [0, 0.05) is 24.8 Å². The topological polar surface area (TPSA) is 75.6 Å². The average molecular weight is 294 g/mol. The van der Waals surface area contributed by atoms with E-state index in [0.29, 0.717) is 0 Å². The Hall–Kier alpha value is -1.82. The van der Waals surface area contributed by atoms with Gasteiger partial charge in [0.25, 0.3) is 5.69 Å². The fourth-order valence-electron chi connectivity index (χ4n) is 2.40. The molecule has 0 aliphatic carbocycles. The normalized spacial score (nSPS) is 10.9. The van der Waals surface area contributed by atoms with Gasteiger partial charge in [-0.25, -0.2) is 0 Å². The SMILES string of the molecule is CCN(CC)CCCN(CC)c1ccc([N+](=O)[O-])c(N)c1. The van der Waals surface area contributed by atoms with Crippen LogP contribution in [0.15, 0.2) is 18.2 Å². The van der Waals surface area contributed by atoms with Crippen molar-refractivity contribution in [3.63, 3.8) is 0 Å². The van der Waals surface area contributed by atoms with Crippen molar-refractivity contribution in [2.24, 2.45) is 0 Å². The van der Waals surface area contributed by atoms with E-state index in [1.54, 1.807) is 12.1 Å². The monoisotopic (exact) mass is 294 g/mol. The summed E-state index contributed by atoms with van der Waals surface area (Å²) in [6.45, 7) is 11.4. The van der Waals surface area contributed by atoms with Crippen LogP contribution >= 0.6 is 0 Å². The summed E-state index contributed by atoms with van der Waals surface area (Å²) in [4.78, 5) is 14.9. The number of nitrogen functional groups attached to an aromatic ring is 1. The van der Waals surface area contributed by atoms with Crippen LogP contribution in [0.3, 0.4) is 0 Å². The summed E-state index contributed by atoms with van der Waals surface area (Å²) in [5.41, 5.74) is 6.90. The number of hydrogen-bond donors (Lipinski definition) is 1. The van der Waals surface area contributed by atoms with E-state index in [0.717, 1.165) is 44.8 Å². The van der Waals surface area contributed by atoms with Crippen LogP contribution in [0.4, 0.5) is 17.1 Å². The van der Waals surface area contributed by atoms with Gasteiger partial charge >= 0.3 is 0 Å². The molecule has 0 radical (unpaired) electrons. The third kappa shape index (κ3) is 4.90. The number of nitro groups is 1. The van der Waals surface area contributed by atoms with E-state index >= 15 is 0 Å². The number of rotatable bonds is 9. The van der Waals surface area contributed by atoms with Crippen LogP contribution < -0.4 is 10.6 Å². The molecule has 0 spiro atoms. The lowest BCUT2D eigenvalue weighted by Crippen LogP contribution is -2.30. The predicted octanol–water partition coefficient (Wildman–Crippen LogP) is 2.74. The first-order valence-corrected chi connectivity index (χ1v) is 7.54. The van der Waals surface area contributed by atoms with E-state index in [9.17, 15) is 10.1 Å². The molecule has 2 N–H and O–H groups in total. The highest BCUT2D eigenvalue weighted by Gasteiger charge is 2.13. The Morgan fingerprint density at radius 3 is 2.29 bits per heavy atom. The van der Waals surface area contributed by atoms with Crippen molar-refractivity contribution in [1.29, 1.82) is 0 Å². The maximum Gasteiger partial charge on any atom is 0.292 e. The quantitative estimate of drug-likeness (QED) is 0.430. The maximum absolute atomic E-state index is 10.8. The lowest BCUT2D eigenvalue weighted by atomic mass is 10.2. The lowest BCUT2D eigenvalue weighted by Gasteiger charge is -2.25. The molecule has 6 nitrogen and oxygen atoms in total. The Kier molecular flexibility index (Phi) is 6.94. The Morgan fingerprint density at radius 2 is 1.81 bits per heavy atom. The average Bonchev–Trinajstić information content (AvgIpc) is 2.47. The Balaban J connectivity index is 2.68. The smallest absolute Gasteiger partial charge is 0.292 e. The second-order valence-corrected chi connectivity index (χ2v) is 4.96. The van der Waals surface area contributed by atoms with Gasteiger partial charge in [0.1, 0.15) is 5.69 Å². The number of nitrogens with zero attached hydrogens (tertiary/aromatic N) is 3. The van der Waals surface area contributed by atoms with Gasteiger partial charge < -0.3 is 15.5 Å². The van der Waals surface area contributed by atoms with Crippen molar-refractivity contribution in [1.82, 2.24) is 4.90 Å². The fraction of sp³-hybridized carbons (Fsp3) is 0.600. The molecule has 0 unspecified atom stereocenters. The van der Waals surface area contributed by atoms with Gasteiger partial charge in [-0.05, 0) is 45.1 Å². The van der Waals surface area contributed by atoms with Crippen molar-refractivity contribution in [3.8, 4) is 0 Å². The molecule has 1 aromatic carbocycles. The summed E-state index contributed by atoms with van der Waals surface area (Å²) in [6, 6.07) is 4.95. The van der Waals surface area contributed by atoms with Gasteiger partial charge in [0.2, 0.25) is 0 Å². The summed E-state index contributed by atoms with van der Waals surface area (Å²) in [5, 5.41) is 10.8. The van der Waals surface area contributed by atoms with Gasteiger partial charge in [-0.3, -0.25) is 10.1 Å². The summed E-state index contributed by atoms with van der Waals surface area (Å²) >= 11 is 0. The van der Waals surface area contributed by atoms with Crippen LogP contribution in [0, 0.1) is 10.1 Å². The molecule has 21 heavy (non-hydrogen) atoms. The second kappa shape index (κ2) is 8.46. The third-order valence-electron chi connectivity index (χ3n) is 3.75. The molecule has 0 bridgehead atoms. The van der Waals surface area contributed by atoms with E-state index in [4.69, 9.17) is 5.73 Å². The number of nitrogens with two attached hydrogens (primary N) is 1. The number of nitro benzene ring substituents is 1. The molecule has 0 amide bonds. The summed E-state index contributed by atoms with van der Waals surface area (Å²) < 4.78 is 0. The van der Waals surface area contributed by atoms with Crippen LogP contribution in [-0.4, -0.2) is 42.5 Å². The number of anilines is 2. The van der Waals surface area contributed by atoms with Crippen molar-refractivity contribution in [2.45, 2.75) is 27.2 Å². The van der Waals surface area contributed by atoms with Gasteiger partial charge in [-0.15, -0.1) is 0 Å². The third-order valence-corrected chi connectivity index (χ3v) is 3.75. The predicted molar refractivity (Wildman–Crippen MR) is 87.8 cm³/mol. The first-order valence-electron chi connectivity index (χ1n) is 7.54. The molecule has 1 rings (SSSR count). The summed E-state index contributed by atoms with van der Waals surface area (Å²) in [6.07, 6.45) is 1.06. The zero-order chi connectivity index (χ0) is 15.8. The van der Waals surface area contributed by atoms with Crippen molar-refractivity contribution in [3.05, 3.63) is 28.3 Å². The first-order chi connectivity index (χ1) is 10.0. The van der Waals surface area contributed by atoms with Crippen LogP contribution in [0.5, 0.6) is 0 Å². The standard InChI is InChI=1S/C15H26N4O2/c1-4-17(5-2)10-7-11-18(6-3)13-8-9-15(19(20)21)14(16)12-13/h8-9,12H,4-7,10-11,16H2,1-3H3. The van der Waals surface area contributed by atoms with Crippen LogP contribution in [0.1, 0.15) is 27.2 Å². The maximum atomic E-state index is 10.8. The minimum atomic E-state index is -0.449. The molecule has 1 aromatic rings. The van der Waals surface area contributed by atoms with Crippen LogP contribution in [0.2, 0.25) is 0 Å². The van der Waals surface area contributed by atoms with Gasteiger partial charge in [-0.1, -0.05) is 13.8 Å². The molecular weight excluding hydrogens is 268 g/mol. The highest BCUT2D eigenvalue weighted by molar-refractivity contribution is 5.66. The minimum Gasteiger partial charge on any atom is -0.393 e. The van der Waals surface area contributed by atoms with E-state index in [2.05, 4.69) is 30.6 Å². The van der Waals surface area contributed by atoms with Crippen LogP contribution in [-0.2, 0) is 0 Å². The largest absolute Gasteiger partial charge is 0.393 e. The fourth-order valence-corrected chi connectivity index (χ4v) is 2.40. The van der Waals surface area contributed by atoms with Crippen molar-refractivity contribution < 1.29 is 4.92 Å². The highest BCUT2D eigenvalue weighted by Crippen LogP contribution is 2.26. The highest BCUT2D eigenvalue weighted by atomic mass is 16.6. The number of benzene rings is 1. The first kappa shape index (κ1) is 17.2. The van der Waals surface area contributed by atoms with Gasteiger partial charge in [0.05, 0.1) is 4.92 Å². The molecule has 0 saturated heterocycles. The molecule has 0 aliphatic rings. The summed E-state index contributed by atoms with van der Waals surface area (Å²) in [7, 11) is 0. The van der Waals surface area contributed by atoms with Gasteiger partial charge in [0.15, 0.2) is 0 Å². The molecule has 0 atom stereocenters. The second-order valence-electron chi connectivity index (χ2n) is 4.96. The molecule has 0 heterocycles. The molecule has 6 heteroatoms. The molecule has 0 aromatic heterocycles. The Labute approximate surface area is 126 Å². The Morgan fingerprint density at radius 1 is 1.14 bits per heavy atom. The van der Waals surface area contributed by atoms with Crippen molar-refractivity contribution in [2.75, 3.05) is 43.4 Å². The number of hydrogen-bond acceptors (Lipinski definition) is 5. The van der Waals surface area contributed by atoms with E-state index in [1.807, 2.05) is 0 Å². The Bertz CT molecular complexity index is 461. The summed E-state index contributed by atoms with van der Waals surface area (Å²) in [5.74, 6) is 0. The van der Waals surface area contributed by atoms with E-state index in [1.165, 1.54) is 6.07 Å². The molecule has 0 saturated carbocycles. The van der Waals surface area contributed by atoms with Gasteiger partial charge in [-0.2, -0.15) is 0 Å². The molecule has 118 valence electrons. The lowest BCUT2D eigenvalue weighted by molar-refractivity contribution is -0.383. The zero-order valence-electron chi connectivity index (χ0n) is 13.2. The molecule has 0 fully saturated rings. The minimum absolute atomic E-state index is 0.0297.